The molecule has 0 saturated heterocycles. The van der Waals surface area contributed by atoms with Gasteiger partial charge in [0.15, 0.2) is 11.5 Å². The second kappa shape index (κ2) is 7.97. The van der Waals surface area contributed by atoms with E-state index < -0.39 is 0 Å². The van der Waals surface area contributed by atoms with E-state index in [9.17, 15) is 0 Å². The van der Waals surface area contributed by atoms with Gasteiger partial charge >= 0.3 is 0 Å². The first-order valence-corrected chi connectivity index (χ1v) is 7.63. The molecule has 0 unspecified atom stereocenters. The van der Waals surface area contributed by atoms with Crippen molar-refractivity contribution in [3.8, 4) is 11.5 Å². The number of thiazole rings is 1. The van der Waals surface area contributed by atoms with Crippen molar-refractivity contribution < 1.29 is 14.6 Å². The Kier molecular flexibility index (Phi) is 5.98. The maximum atomic E-state index is 8.79. The monoisotopic (exact) mass is 308 g/mol. The van der Waals surface area contributed by atoms with Crippen LogP contribution in [0.2, 0.25) is 0 Å². The minimum Gasteiger partial charge on any atom is -0.493 e. The van der Waals surface area contributed by atoms with Crippen molar-refractivity contribution in [2.75, 3.05) is 20.3 Å². The van der Waals surface area contributed by atoms with E-state index in [1.54, 1.807) is 18.4 Å². The highest BCUT2D eigenvalue weighted by molar-refractivity contribution is 7.09. The van der Waals surface area contributed by atoms with E-state index in [-0.39, 0.29) is 13.2 Å². The number of ether oxygens (including phenoxy) is 2. The lowest BCUT2D eigenvalue weighted by Crippen LogP contribution is -2.12. The molecule has 1 aromatic heterocycles. The van der Waals surface area contributed by atoms with Crippen LogP contribution < -0.4 is 14.8 Å². The van der Waals surface area contributed by atoms with Crippen LogP contribution >= 0.6 is 11.3 Å². The summed E-state index contributed by atoms with van der Waals surface area (Å²) >= 11 is 1.66. The van der Waals surface area contributed by atoms with Crippen molar-refractivity contribution in [2.24, 2.45) is 0 Å². The summed E-state index contributed by atoms with van der Waals surface area (Å²) in [4.78, 5) is 4.41. The lowest BCUT2D eigenvalue weighted by Gasteiger charge is -2.11. The van der Waals surface area contributed by atoms with Crippen LogP contribution in [0.25, 0.3) is 0 Å². The molecule has 0 bridgehead atoms. The standard InChI is InChI=1S/C15H20N2O3S/c1-11-10-21-15(17-11)9-16-8-12-3-4-13(20-6-5-18)14(7-12)19-2/h3-4,7,10,16,18H,5-6,8-9H2,1-2H3. The van der Waals surface area contributed by atoms with Crippen LogP contribution in [0.3, 0.4) is 0 Å². The van der Waals surface area contributed by atoms with Crippen LogP contribution in [0.1, 0.15) is 16.3 Å². The van der Waals surface area contributed by atoms with Gasteiger partial charge in [0.25, 0.3) is 0 Å². The van der Waals surface area contributed by atoms with E-state index in [4.69, 9.17) is 14.6 Å². The topological polar surface area (TPSA) is 63.6 Å². The number of aryl methyl sites for hydroxylation is 1. The first kappa shape index (κ1) is 15.8. The number of aliphatic hydroxyl groups is 1. The number of hydrogen-bond donors (Lipinski definition) is 2. The lowest BCUT2D eigenvalue weighted by atomic mass is 10.2. The van der Waals surface area contributed by atoms with Gasteiger partial charge in [-0.25, -0.2) is 4.98 Å². The normalized spacial score (nSPS) is 10.6. The smallest absolute Gasteiger partial charge is 0.161 e. The van der Waals surface area contributed by atoms with Gasteiger partial charge in [0.1, 0.15) is 11.6 Å². The maximum Gasteiger partial charge on any atom is 0.161 e. The molecule has 0 saturated carbocycles. The first-order chi connectivity index (χ1) is 10.2. The molecular weight excluding hydrogens is 288 g/mol. The van der Waals surface area contributed by atoms with Gasteiger partial charge < -0.3 is 19.9 Å². The molecule has 0 amide bonds. The van der Waals surface area contributed by atoms with Crippen LogP contribution in [0.4, 0.5) is 0 Å². The molecule has 6 heteroatoms. The summed E-state index contributed by atoms with van der Waals surface area (Å²) < 4.78 is 10.7. The molecule has 114 valence electrons. The molecule has 0 atom stereocenters. The largest absolute Gasteiger partial charge is 0.493 e. The molecule has 21 heavy (non-hydrogen) atoms. The van der Waals surface area contributed by atoms with Gasteiger partial charge in [-0.3, -0.25) is 0 Å². The molecule has 0 spiro atoms. The summed E-state index contributed by atoms with van der Waals surface area (Å²) in [7, 11) is 1.61. The van der Waals surface area contributed by atoms with Crippen LogP contribution in [-0.4, -0.2) is 30.4 Å². The zero-order chi connectivity index (χ0) is 15.1. The van der Waals surface area contributed by atoms with Crippen LogP contribution in [0.5, 0.6) is 11.5 Å². The fourth-order valence-corrected chi connectivity index (χ4v) is 2.64. The molecule has 5 nitrogen and oxygen atoms in total. The number of methoxy groups -OCH3 is 1. The van der Waals surface area contributed by atoms with Gasteiger partial charge in [-0.05, 0) is 24.6 Å². The number of aromatic nitrogens is 1. The quantitative estimate of drug-likeness (QED) is 0.782. The van der Waals surface area contributed by atoms with Crippen LogP contribution in [-0.2, 0) is 13.1 Å². The molecule has 1 heterocycles. The number of nitrogens with one attached hydrogen (secondary N) is 1. The Bertz CT molecular complexity index is 572. The average molecular weight is 308 g/mol. The van der Waals surface area contributed by atoms with E-state index in [1.165, 1.54) is 0 Å². The zero-order valence-corrected chi connectivity index (χ0v) is 13.1. The SMILES string of the molecule is COc1cc(CNCc2nc(C)cs2)ccc1OCCO. The molecule has 2 N–H and O–H groups in total. The average Bonchev–Trinajstić information content (AvgIpc) is 2.91. The summed E-state index contributed by atoms with van der Waals surface area (Å²) in [5.74, 6) is 1.32. The Morgan fingerprint density at radius 1 is 1.29 bits per heavy atom. The Morgan fingerprint density at radius 2 is 2.14 bits per heavy atom. The summed E-state index contributed by atoms with van der Waals surface area (Å²) in [6.45, 7) is 3.73. The molecular formula is C15H20N2O3S. The Hall–Kier alpha value is -1.63. The fourth-order valence-electron chi connectivity index (χ4n) is 1.89. The minimum absolute atomic E-state index is 0.0142. The third kappa shape index (κ3) is 4.70. The van der Waals surface area contributed by atoms with E-state index in [1.807, 2.05) is 30.5 Å². The number of nitrogens with zero attached hydrogens (tertiary/aromatic N) is 1. The van der Waals surface area contributed by atoms with Gasteiger partial charge in [0.2, 0.25) is 0 Å². The summed E-state index contributed by atoms with van der Waals surface area (Å²) in [5, 5.41) is 15.3. The Balaban J connectivity index is 1.90. The summed E-state index contributed by atoms with van der Waals surface area (Å²) in [5.41, 5.74) is 2.17. The fraction of sp³-hybridized carbons (Fsp3) is 0.400. The van der Waals surface area contributed by atoms with Crippen LogP contribution in [0, 0.1) is 6.92 Å². The number of benzene rings is 1. The minimum atomic E-state index is -0.0142. The molecule has 1 aromatic carbocycles. The maximum absolute atomic E-state index is 8.79. The Morgan fingerprint density at radius 3 is 2.81 bits per heavy atom. The molecule has 2 aromatic rings. The molecule has 0 radical (unpaired) electrons. The second-order valence-electron chi connectivity index (χ2n) is 4.54. The Labute approximate surface area is 128 Å². The molecule has 0 aliphatic carbocycles. The number of aliphatic hydroxyl groups excluding tert-OH is 1. The van der Waals surface area contributed by atoms with Gasteiger partial charge in [-0.2, -0.15) is 0 Å². The molecule has 0 aliphatic rings. The van der Waals surface area contributed by atoms with Crippen molar-refractivity contribution in [3.05, 3.63) is 39.8 Å². The molecule has 0 fully saturated rings. The van der Waals surface area contributed by atoms with Gasteiger partial charge in [-0.1, -0.05) is 6.07 Å². The van der Waals surface area contributed by atoms with Crippen molar-refractivity contribution in [2.45, 2.75) is 20.0 Å². The highest BCUT2D eigenvalue weighted by Gasteiger charge is 2.06. The van der Waals surface area contributed by atoms with E-state index in [0.717, 1.165) is 29.4 Å². The summed E-state index contributed by atoms with van der Waals surface area (Å²) in [6.07, 6.45) is 0. The van der Waals surface area contributed by atoms with Gasteiger partial charge in [0, 0.05) is 24.2 Å². The number of rotatable bonds is 8. The third-order valence-corrected chi connectivity index (χ3v) is 3.82. The lowest BCUT2D eigenvalue weighted by molar-refractivity contribution is 0.196. The van der Waals surface area contributed by atoms with Crippen LogP contribution in [0.15, 0.2) is 23.6 Å². The molecule has 0 aliphatic heterocycles. The third-order valence-electron chi connectivity index (χ3n) is 2.85. The van der Waals surface area contributed by atoms with Gasteiger partial charge in [0.05, 0.1) is 13.7 Å². The second-order valence-corrected chi connectivity index (χ2v) is 5.49. The highest BCUT2D eigenvalue weighted by Crippen LogP contribution is 2.28. The van der Waals surface area contributed by atoms with E-state index in [2.05, 4.69) is 10.3 Å². The van der Waals surface area contributed by atoms with Crippen molar-refractivity contribution >= 4 is 11.3 Å². The van der Waals surface area contributed by atoms with Gasteiger partial charge in [-0.15, -0.1) is 11.3 Å². The predicted octanol–water partition coefficient (Wildman–Crippen LogP) is 2.12. The van der Waals surface area contributed by atoms with Crippen molar-refractivity contribution in [1.29, 1.82) is 0 Å². The number of hydrogen-bond acceptors (Lipinski definition) is 6. The van der Waals surface area contributed by atoms with E-state index in [0.29, 0.717) is 11.5 Å². The first-order valence-electron chi connectivity index (χ1n) is 6.75. The summed E-state index contributed by atoms with van der Waals surface area (Å²) in [6, 6.07) is 5.78. The van der Waals surface area contributed by atoms with Crippen molar-refractivity contribution in [1.82, 2.24) is 10.3 Å². The highest BCUT2D eigenvalue weighted by atomic mass is 32.1. The predicted molar refractivity (Wildman–Crippen MR) is 83.0 cm³/mol. The van der Waals surface area contributed by atoms with Crippen molar-refractivity contribution in [3.63, 3.8) is 0 Å². The zero-order valence-electron chi connectivity index (χ0n) is 12.3. The molecule has 2 rings (SSSR count). The van der Waals surface area contributed by atoms with E-state index >= 15 is 0 Å².